The molecule has 0 fully saturated rings. The van der Waals surface area contributed by atoms with Gasteiger partial charge in [0.25, 0.3) is 0 Å². The maximum absolute atomic E-state index is 6.51. The van der Waals surface area contributed by atoms with Crippen LogP contribution in [0.5, 0.6) is 0 Å². The van der Waals surface area contributed by atoms with Crippen LogP contribution in [0.3, 0.4) is 0 Å². The van der Waals surface area contributed by atoms with Crippen LogP contribution in [0.2, 0.25) is 0 Å². The number of aromatic nitrogens is 3. The van der Waals surface area contributed by atoms with E-state index in [1.54, 1.807) is 0 Å². The fraction of sp³-hybridized carbons (Fsp3) is 0. The molecular weight excluding hydrogens is 502 g/mol. The second-order valence-electron chi connectivity index (χ2n) is 10.4. The van der Waals surface area contributed by atoms with Crippen LogP contribution in [0.4, 0.5) is 0 Å². The molecule has 0 spiro atoms. The Kier molecular flexibility index (Phi) is 4.58. The molecule has 0 saturated carbocycles. The minimum atomic E-state index is 0.648. The highest BCUT2D eigenvalue weighted by Crippen LogP contribution is 2.45. The van der Waals surface area contributed by atoms with Crippen LogP contribution in [0.15, 0.2) is 132 Å². The fourth-order valence-electron chi connectivity index (χ4n) is 6.17. The number of rotatable bonds is 3. The van der Waals surface area contributed by atoms with Gasteiger partial charge in [-0.3, -0.25) is 0 Å². The summed E-state index contributed by atoms with van der Waals surface area (Å²) in [6.07, 6.45) is 0. The van der Waals surface area contributed by atoms with E-state index in [0.717, 1.165) is 38.6 Å². The molecule has 9 aromatic rings. The minimum Gasteiger partial charge on any atom is -0.455 e. The van der Waals surface area contributed by atoms with Crippen molar-refractivity contribution in [3.05, 3.63) is 127 Å². The van der Waals surface area contributed by atoms with Crippen LogP contribution >= 0.6 is 0 Å². The van der Waals surface area contributed by atoms with Crippen molar-refractivity contribution in [2.45, 2.75) is 0 Å². The lowest BCUT2D eigenvalue weighted by atomic mass is 9.91. The van der Waals surface area contributed by atoms with E-state index in [2.05, 4.69) is 66.7 Å². The third-order valence-electron chi connectivity index (χ3n) is 8.05. The highest BCUT2D eigenvalue weighted by Gasteiger charge is 2.20. The van der Waals surface area contributed by atoms with Crippen LogP contribution in [0, 0.1) is 0 Å². The van der Waals surface area contributed by atoms with E-state index in [1.165, 1.54) is 32.3 Å². The van der Waals surface area contributed by atoms with E-state index < -0.39 is 0 Å². The molecular formula is C37H21N3O. The molecule has 7 aromatic carbocycles. The molecule has 0 amide bonds. The number of nitrogens with zero attached hydrogens (tertiary/aromatic N) is 3. The van der Waals surface area contributed by atoms with Crippen molar-refractivity contribution in [1.82, 2.24) is 15.0 Å². The number of fused-ring (bicyclic) bond motifs is 5. The fourth-order valence-corrected chi connectivity index (χ4v) is 6.17. The summed E-state index contributed by atoms with van der Waals surface area (Å²) in [5.74, 6) is 1.96. The molecule has 0 aliphatic rings. The normalized spacial score (nSPS) is 11.9. The number of furan rings is 1. The number of hydrogen-bond acceptors (Lipinski definition) is 4. The summed E-state index contributed by atoms with van der Waals surface area (Å²) in [5, 5.41) is 9.37. The largest absolute Gasteiger partial charge is 0.455 e. The van der Waals surface area contributed by atoms with E-state index in [1.807, 2.05) is 60.7 Å². The zero-order valence-electron chi connectivity index (χ0n) is 21.9. The van der Waals surface area contributed by atoms with Gasteiger partial charge in [0.2, 0.25) is 0 Å². The van der Waals surface area contributed by atoms with Crippen LogP contribution in [0.1, 0.15) is 0 Å². The Hall–Kier alpha value is -5.61. The average molecular weight is 524 g/mol. The van der Waals surface area contributed by atoms with Crippen LogP contribution in [-0.2, 0) is 0 Å². The van der Waals surface area contributed by atoms with Gasteiger partial charge in [-0.2, -0.15) is 0 Å². The number of hydrogen-bond donors (Lipinski definition) is 0. The lowest BCUT2D eigenvalue weighted by Crippen LogP contribution is -2.00. The Labute approximate surface area is 234 Å². The van der Waals surface area contributed by atoms with Crippen molar-refractivity contribution in [3.8, 4) is 34.2 Å². The van der Waals surface area contributed by atoms with Gasteiger partial charge in [0.15, 0.2) is 17.5 Å². The minimum absolute atomic E-state index is 0.648. The van der Waals surface area contributed by atoms with Gasteiger partial charge < -0.3 is 4.42 Å². The van der Waals surface area contributed by atoms with Gasteiger partial charge in [-0.25, -0.2) is 15.0 Å². The van der Waals surface area contributed by atoms with Gasteiger partial charge in [0.05, 0.1) is 0 Å². The molecule has 0 aliphatic carbocycles. The molecule has 4 heteroatoms. The Balaban J connectivity index is 1.35. The smallest absolute Gasteiger partial charge is 0.164 e. The molecule has 4 nitrogen and oxygen atoms in total. The van der Waals surface area contributed by atoms with Gasteiger partial charge in [-0.15, -0.1) is 0 Å². The standard InChI is InChI=1S/C37H21N3O/c1-3-10-22(11-4-1)35-38-36(23-12-5-2-6-13-23)40-37(39-35)25-18-19-27-29(21-25)28-16-9-17-31-32(28)33-30(27)20-24-14-7-8-15-26(24)34(33)41-31/h1-21H. The van der Waals surface area contributed by atoms with E-state index in [9.17, 15) is 0 Å². The molecule has 41 heavy (non-hydrogen) atoms. The van der Waals surface area contributed by atoms with Crippen LogP contribution in [0.25, 0.3) is 88.4 Å². The van der Waals surface area contributed by atoms with Gasteiger partial charge >= 0.3 is 0 Å². The summed E-state index contributed by atoms with van der Waals surface area (Å²) in [7, 11) is 0. The summed E-state index contributed by atoms with van der Waals surface area (Å²) < 4.78 is 6.51. The molecule has 0 atom stereocenters. The average Bonchev–Trinajstić information content (AvgIpc) is 3.45. The zero-order valence-corrected chi connectivity index (χ0v) is 21.9. The summed E-state index contributed by atoms with van der Waals surface area (Å²) >= 11 is 0. The van der Waals surface area contributed by atoms with Crippen molar-refractivity contribution in [3.63, 3.8) is 0 Å². The molecule has 0 saturated heterocycles. The molecule has 0 N–H and O–H groups in total. The van der Waals surface area contributed by atoms with Gasteiger partial charge in [-0.05, 0) is 45.1 Å². The monoisotopic (exact) mass is 523 g/mol. The van der Waals surface area contributed by atoms with Gasteiger partial charge in [0.1, 0.15) is 11.2 Å². The summed E-state index contributed by atoms with van der Waals surface area (Å²) in [6, 6.07) is 43.8. The molecule has 190 valence electrons. The lowest BCUT2D eigenvalue weighted by molar-refractivity contribution is 0.673. The summed E-state index contributed by atoms with van der Waals surface area (Å²) in [6.45, 7) is 0. The highest BCUT2D eigenvalue weighted by atomic mass is 16.3. The first kappa shape index (κ1) is 22.2. The van der Waals surface area contributed by atoms with Gasteiger partial charge in [-0.1, -0.05) is 109 Å². The molecule has 0 unspecified atom stereocenters. The van der Waals surface area contributed by atoms with Crippen molar-refractivity contribution >= 4 is 54.3 Å². The quantitative estimate of drug-likeness (QED) is 0.171. The Morgan fingerprint density at radius 3 is 1.76 bits per heavy atom. The van der Waals surface area contributed by atoms with Crippen molar-refractivity contribution in [2.75, 3.05) is 0 Å². The Morgan fingerprint density at radius 2 is 1.02 bits per heavy atom. The molecule has 0 aliphatic heterocycles. The van der Waals surface area contributed by atoms with Crippen molar-refractivity contribution in [2.24, 2.45) is 0 Å². The molecule has 2 heterocycles. The topological polar surface area (TPSA) is 51.8 Å². The third-order valence-corrected chi connectivity index (χ3v) is 8.05. The van der Waals surface area contributed by atoms with Crippen LogP contribution < -0.4 is 0 Å². The van der Waals surface area contributed by atoms with E-state index in [-0.39, 0.29) is 0 Å². The molecule has 0 bridgehead atoms. The zero-order chi connectivity index (χ0) is 26.9. The molecule has 9 rings (SSSR count). The summed E-state index contributed by atoms with van der Waals surface area (Å²) in [4.78, 5) is 14.8. The second kappa shape index (κ2) is 8.44. The highest BCUT2D eigenvalue weighted by molar-refractivity contribution is 6.36. The number of benzene rings is 7. The Bertz CT molecular complexity index is 2350. The maximum Gasteiger partial charge on any atom is 0.164 e. The first-order chi connectivity index (χ1) is 20.3. The molecule has 0 radical (unpaired) electrons. The first-order valence-corrected chi connectivity index (χ1v) is 13.7. The first-order valence-electron chi connectivity index (χ1n) is 13.7. The maximum atomic E-state index is 6.51. The van der Waals surface area contributed by atoms with Gasteiger partial charge in [0, 0.05) is 32.8 Å². The third kappa shape index (κ3) is 3.31. The predicted octanol–water partition coefficient (Wildman–Crippen LogP) is 9.67. The van der Waals surface area contributed by atoms with Crippen molar-refractivity contribution in [1.29, 1.82) is 0 Å². The second-order valence-corrected chi connectivity index (χ2v) is 10.4. The van der Waals surface area contributed by atoms with E-state index >= 15 is 0 Å². The Morgan fingerprint density at radius 1 is 0.390 bits per heavy atom. The van der Waals surface area contributed by atoms with E-state index in [4.69, 9.17) is 19.4 Å². The van der Waals surface area contributed by atoms with Crippen LogP contribution in [-0.4, -0.2) is 15.0 Å². The predicted molar refractivity (Wildman–Crippen MR) is 167 cm³/mol. The lowest BCUT2D eigenvalue weighted by Gasteiger charge is -2.12. The molecule has 2 aromatic heterocycles. The summed E-state index contributed by atoms with van der Waals surface area (Å²) in [5.41, 5.74) is 4.72. The van der Waals surface area contributed by atoms with Crippen molar-refractivity contribution < 1.29 is 4.42 Å². The SMILES string of the molecule is c1ccc(-c2nc(-c3ccccc3)nc(-c3ccc4c(c3)c3cccc5oc6c7ccccc7cc4c6c53)n2)cc1. The van der Waals surface area contributed by atoms with E-state index in [0.29, 0.717) is 17.5 Å².